The summed E-state index contributed by atoms with van der Waals surface area (Å²) in [6, 6.07) is 8.96. The lowest BCUT2D eigenvalue weighted by atomic mass is 9.51. The number of nitrogens with zero attached hydrogens (tertiary/aromatic N) is 1. The molecule has 4 aliphatic carbocycles. The lowest BCUT2D eigenvalue weighted by Crippen LogP contribution is -2.50. The molecule has 0 heterocycles. The minimum absolute atomic E-state index is 0.205. The van der Waals surface area contributed by atoms with E-state index in [9.17, 15) is 9.90 Å². The highest BCUT2D eigenvalue weighted by Gasteiger charge is 2.62. The molecule has 3 nitrogen and oxygen atoms in total. The Morgan fingerprint density at radius 3 is 2.59 bits per heavy atom. The lowest BCUT2D eigenvalue weighted by Gasteiger charge is -2.54. The van der Waals surface area contributed by atoms with Crippen LogP contribution in [-0.4, -0.2) is 30.6 Å². The van der Waals surface area contributed by atoms with Crippen molar-refractivity contribution in [3.8, 4) is 0 Å². The van der Waals surface area contributed by atoms with Crippen LogP contribution in [0.1, 0.15) is 63.4 Å². The first-order valence-corrected chi connectivity index (χ1v) is 12.1. The number of carbonyl (C=O) groups is 1. The van der Waals surface area contributed by atoms with Crippen LogP contribution in [0.3, 0.4) is 0 Å². The number of allylic oxidation sites excluding steroid dienone is 4. The molecular formula is C29H35NO2. The third kappa shape index (κ3) is 3.10. The van der Waals surface area contributed by atoms with Crippen molar-refractivity contribution in [2.24, 2.45) is 17.3 Å². The van der Waals surface area contributed by atoms with Crippen LogP contribution in [0.15, 0.2) is 65.4 Å². The second-order valence-corrected chi connectivity index (χ2v) is 10.8. The average Bonchev–Trinajstić information content (AvgIpc) is 3.03. The first-order valence-electron chi connectivity index (χ1n) is 12.1. The van der Waals surface area contributed by atoms with E-state index in [1.807, 2.05) is 12.2 Å². The molecule has 1 aromatic carbocycles. The number of anilines is 1. The summed E-state index contributed by atoms with van der Waals surface area (Å²) in [7, 11) is 4.14. The van der Waals surface area contributed by atoms with Gasteiger partial charge in [-0.1, -0.05) is 31.2 Å². The van der Waals surface area contributed by atoms with Crippen LogP contribution in [0, 0.1) is 17.3 Å². The Morgan fingerprint density at radius 1 is 1.16 bits per heavy atom. The maximum Gasteiger partial charge on any atom is 0.156 e. The Balaban J connectivity index is 1.67. The minimum Gasteiger partial charge on any atom is -0.385 e. The monoisotopic (exact) mass is 429 g/mol. The molecule has 0 bridgehead atoms. The van der Waals surface area contributed by atoms with Gasteiger partial charge in [0.1, 0.15) is 0 Å². The Kier molecular flexibility index (Phi) is 5.11. The normalized spacial score (nSPS) is 35.9. The summed E-state index contributed by atoms with van der Waals surface area (Å²) in [5.41, 5.74) is 8.70. The smallest absolute Gasteiger partial charge is 0.156 e. The molecule has 168 valence electrons. The van der Waals surface area contributed by atoms with Crippen LogP contribution in [0.4, 0.5) is 5.69 Å². The van der Waals surface area contributed by atoms with Crippen molar-refractivity contribution < 1.29 is 9.90 Å². The van der Waals surface area contributed by atoms with Gasteiger partial charge in [-0.25, -0.2) is 0 Å². The Labute approximate surface area is 192 Å². The number of hydrogen-bond acceptors (Lipinski definition) is 3. The molecule has 0 aromatic heterocycles. The van der Waals surface area contributed by atoms with E-state index in [4.69, 9.17) is 0 Å². The standard InChI is InChI=1S/C29H35NO2/c1-5-15-29(32)16-14-26-24-12-8-20-17-22(31)11-13-23(20)27(24)25(18-28(26,29)2)19-6-9-21(10-7-19)30(3)4/h6-7,9-10,15,17,24-26,32H,1,8,11-14,16,18H2,2-4H3/t24-,25+,26-,28-,29-/m0/s1. The van der Waals surface area contributed by atoms with E-state index in [0.717, 1.165) is 38.5 Å². The van der Waals surface area contributed by atoms with E-state index in [1.54, 1.807) is 5.57 Å². The van der Waals surface area contributed by atoms with Crippen molar-refractivity contribution in [3.05, 3.63) is 71.0 Å². The van der Waals surface area contributed by atoms with Gasteiger partial charge in [-0.05, 0) is 91.4 Å². The largest absolute Gasteiger partial charge is 0.385 e. The summed E-state index contributed by atoms with van der Waals surface area (Å²) >= 11 is 0. The van der Waals surface area contributed by atoms with Crippen molar-refractivity contribution in [1.82, 2.24) is 0 Å². The number of hydrogen-bond donors (Lipinski definition) is 1. The Morgan fingerprint density at radius 2 is 1.91 bits per heavy atom. The molecule has 3 heteroatoms. The fourth-order valence-corrected chi connectivity index (χ4v) is 7.41. The van der Waals surface area contributed by atoms with Gasteiger partial charge in [-0.3, -0.25) is 4.79 Å². The average molecular weight is 430 g/mol. The van der Waals surface area contributed by atoms with Crippen LogP contribution in [0.2, 0.25) is 0 Å². The molecule has 1 N–H and O–H groups in total. The molecule has 0 radical (unpaired) electrons. The van der Waals surface area contributed by atoms with Crippen molar-refractivity contribution in [2.45, 2.75) is 63.4 Å². The zero-order chi connectivity index (χ0) is 22.7. The summed E-state index contributed by atoms with van der Waals surface area (Å²) in [6.45, 7) is 6.09. The molecule has 0 saturated heterocycles. The van der Waals surface area contributed by atoms with E-state index in [0.29, 0.717) is 18.3 Å². The van der Waals surface area contributed by atoms with Crippen molar-refractivity contribution in [3.63, 3.8) is 0 Å². The number of aliphatic hydroxyl groups is 1. The molecule has 5 atom stereocenters. The number of fused-ring (bicyclic) bond motifs is 4. The van der Waals surface area contributed by atoms with Crippen LogP contribution >= 0.6 is 0 Å². The van der Waals surface area contributed by atoms with Gasteiger partial charge in [0.15, 0.2) is 5.78 Å². The molecule has 4 aliphatic rings. The Hall–Kier alpha value is -2.35. The SMILES string of the molecule is C=C=C[C@]1(O)CC[C@H]2[C@@H]3CCC4=CC(=O)CCC4=C3[C@@H](c3ccc(N(C)C)cc3)C[C@@]21C. The molecule has 0 spiro atoms. The number of benzene rings is 1. The fourth-order valence-electron chi connectivity index (χ4n) is 7.41. The van der Waals surface area contributed by atoms with Crippen molar-refractivity contribution in [1.29, 1.82) is 0 Å². The first-order chi connectivity index (χ1) is 15.3. The van der Waals surface area contributed by atoms with Crippen LogP contribution in [0.5, 0.6) is 0 Å². The summed E-state index contributed by atoms with van der Waals surface area (Å²) in [4.78, 5) is 14.3. The number of carbonyl (C=O) groups excluding carboxylic acids is 1. The van der Waals surface area contributed by atoms with E-state index in [2.05, 4.69) is 62.5 Å². The highest BCUT2D eigenvalue weighted by atomic mass is 16.3. The Bertz CT molecular complexity index is 1060. The molecule has 0 unspecified atom stereocenters. The molecule has 32 heavy (non-hydrogen) atoms. The number of ketones is 1. The van der Waals surface area contributed by atoms with Gasteiger partial charge < -0.3 is 10.0 Å². The van der Waals surface area contributed by atoms with E-state index >= 15 is 0 Å². The van der Waals surface area contributed by atoms with Gasteiger partial charge in [0.05, 0.1) is 5.60 Å². The van der Waals surface area contributed by atoms with E-state index < -0.39 is 5.60 Å². The summed E-state index contributed by atoms with van der Waals surface area (Å²) < 4.78 is 0. The van der Waals surface area contributed by atoms with Crippen LogP contribution in [-0.2, 0) is 4.79 Å². The van der Waals surface area contributed by atoms with Gasteiger partial charge in [-0.2, -0.15) is 0 Å². The maximum absolute atomic E-state index is 12.2. The fraction of sp³-hybridized carbons (Fsp3) is 0.517. The number of rotatable bonds is 3. The molecule has 1 aromatic rings. The van der Waals surface area contributed by atoms with Gasteiger partial charge in [0.25, 0.3) is 0 Å². The van der Waals surface area contributed by atoms with Crippen molar-refractivity contribution in [2.75, 3.05) is 19.0 Å². The van der Waals surface area contributed by atoms with Crippen LogP contribution in [0.25, 0.3) is 0 Å². The maximum atomic E-state index is 12.2. The quantitative estimate of drug-likeness (QED) is 0.624. The second-order valence-electron chi connectivity index (χ2n) is 10.8. The highest BCUT2D eigenvalue weighted by Crippen LogP contribution is 2.67. The van der Waals surface area contributed by atoms with Gasteiger partial charge in [0.2, 0.25) is 0 Å². The predicted molar refractivity (Wildman–Crippen MR) is 130 cm³/mol. The van der Waals surface area contributed by atoms with Gasteiger partial charge >= 0.3 is 0 Å². The second kappa shape index (κ2) is 7.61. The molecular weight excluding hydrogens is 394 g/mol. The third-order valence-electron chi connectivity index (χ3n) is 9.10. The topological polar surface area (TPSA) is 40.5 Å². The zero-order valence-corrected chi connectivity index (χ0v) is 19.7. The summed E-state index contributed by atoms with van der Waals surface area (Å²) in [6.07, 6.45) is 10.1. The van der Waals surface area contributed by atoms with E-state index in [1.165, 1.54) is 22.4 Å². The van der Waals surface area contributed by atoms with E-state index in [-0.39, 0.29) is 17.1 Å². The van der Waals surface area contributed by atoms with Crippen LogP contribution < -0.4 is 4.90 Å². The molecule has 2 saturated carbocycles. The zero-order valence-electron chi connectivity index (χ0n) is 19.7. The lowest BCUT2D eigenvalue weighted by molar-refractivity contribution is -0.114. The minimum atomic E-state index is -0.851. The molecule has 2 fully saturated rings. The highest BCUT2D eigenvalue weighted by molar-refractivity contribution is 5.93. The molecule has 5 rings (SSSR count). The van der Waals surface area contributed by atoms with Gasteiger partial charge in [-0.15, -0.1) is 5.73 Å². The first kappa shape index (κ1) is 21.5. The van der Waals surface area contributed by atoms with Gasteiger partial charge in [0, 0.05) is 37.5 Å². The third-order valence-corrected chi connectivity index (χ3v) is 9.10. The molecule has 0 aliphatic heterocycles. The molecule has 0 amide bonds. The van der Waals surface area contributed by atoms with Crippen molar-refractivity contribution >= 4 is 11.5 Å². The summed E-state index contributed by atoms with van der Waals surface area (Å²) in [5, 5.41) is 11.7. The summed E-state index contributed by atoms with van der Waals surface area (Å²) in [5.74, 6) is 1.48. The predicted octanol–water partition coefficient (Wildman–Crippen LogP) is 5.72.